The summed E-state index contributed by atoms with van der Waals surface area (Å²) in [5.74, 6) is -0.599. The van der Waals surface area contributed by atoms with Crippen LogP contribution in [-0.2, 0) is 11.2 Å². The van der Waals surface area contributed by atoms with Gasteiger partial charge in [0.25, 0.3) is 5.69 Å². The van der Waals surface area contributed by atoms with Gasteiger partial charge in [-0.1, -0.05) is 18.2 Å². The molecule has 1 aromatic rings. The molecule has 0 aromatic heterocycles. The molecule has 0 heterocycles. The van der Waals surface area contributed by atoms with Crippen molar-refractivity contribution in [3.8, 4) is 0 Å². The number of aryl methyl sites for hydroxylation is 1. The van der Waals surface area contributed by atoms with Gasteiger partial charge in [0.15, 0.2) is 0 Å². The Bertz CT molecular complexity index is 406. The van der Waals surface area contributed by atoms with Crippen LogP contribution < -0.4 is 11.5 Å². The van der Waals surface area contributed by atoms with E-state index in [0.29, 0.717) is 18.4 Å². The van der Waals surface area contributed by atoms with Gasteiger partial charge in [0.05, 0.1) is 11.0 Å². The van der Waals surface area contributed by atoms with Gasteiger partial charge in [-0.2, -0.15) is 0 Å². The van der Waals surface area contributed by atoms with Crippen molar-refractivity contribution in [2.45, 2.75) is 18.9 Å². The molecule has 0 aliphatic heterocycles. The zero-order chi connectivity index (χ0) is 12.1. The number of hydrogen-bond acceptors (Lipinski definition) is 4. The highest BCUT2D eigenvalue weighted by Gasteiger charge is 2.15. The lowest BCUT2D eigenvalue weighted by atomic mass is 10.0. The molecule has 1 rings (SSSR count). The second kappa shape index (κ2) is 5.22. The Balaban J connectivity index is 2.74. The fourth-order valence-electron chi connectivity index (χ4n) is 1.35. The molecule has 0 bridgehead atoms. The molecule has 0 saturated heterocycles. The van der Waals surface area contributed by atoms with E-state index in [2.05, 4.69) is 0 Å². The second-order valence-corrected chi connectivity index (χ2v) is 3.43. The highest BCUT2D eigenvalue weighted by atomic mass is 16.6. The largest absolute Gasteiger partial charge is 0.368 e. The van der Waals surface area contributed by atoms with E-state index in [1.807, 2.05) is 0 Å². The number of benzene rings is 1. The van der Waals surface area contributed by atoms with Crippen molar-refractivity contribution in [3.05, 3.63) is 39.9 Å². The van der Waals surface area contributed by atoms with Crippen molar-refractivity contribution in [2.24, 2.45) is 11.5 Å². The SMILES string of the molecule is NC(=O)C(N)CCc1ccccc1[N+](=O)[O-]. The number of nitro benzene ring substituents is 1. The summed E-state index contributed by atoms with van der Waals surface area (Å²) in [4.78, 5) is 20.9. The van der Waals surface area contributed by atoms with Gasteiger partial charge in [0.1, 0.15) is 0 Å². The minimum absolute atomic E-state index is 0.0409. The number of amides is 1. The van der Waals surface area contributed by atoms with E-state index < -0.39 is 16.9 Å². The Morgan fingerprint density at radius 2 is 2.06 bits per heavy atom. The first kappa shape index (κ1) is 12.1. The van der Waals surface area contributed by atoms with Gasteiger partial charge in [-0.05, 0) is 12.8 Å². The van der Waals surface area contributed by atoms with E-state index in [1.54, 1.807) is 18.2 Å². The summed E-state index contributed by atoms with van der Waals surface area (Å²) >= 11 is 0. The van der Waals surface area contributed by atoms with E-state index in [4.69, 9.17) is 11.5 Å². The van der Waals surface area contributed by atoms with Crippen LogP contribution in [-0.4, -0.2) is 16.9 Å². The number of carbonyl (C=O) groups is 1. The molecule has 86 valence electrons. The molecule has 6 heteroatoms. The first-order chi connectivity index (χ1) is 7.52. The Labute approximate surface area is 92.4 Å². The Morgan fingerprint density at radius 3 is 2.62 bits per heavy atom. The van der Waals surface area contributed by atoms with Gasteiger partial charge in [-0.15, -0.1) is 0 Å². The van der Waals surface area contributed by atoms with Crippen molar-refractivity contribution in [1.82, 2.24) is 0 Å². The van der Waals surface area contributed by atoms with Crippen molar-refractivity contribution in [1.29, 1.82) is 0 Å². The zero-order valence-corrected chi connectivity index (χ0v) is 8.63. The minimum atomic E-state index is -0.764. The van der Waals surface area contributed by atoms with Crippen LogP contribution >= 0.6 is 0 Å². The standard InChI is InChI=1S/C10H13N3O3/c11-8(10(12)14)6-5-7-3-1-2-4-9(7)13(15)16/h1-4,8H,5-6,11H2,(H2,12,14). The summed E-state index contributed by atoms with van der Waals surface area (Å²) in [6, 6.07) is 5.60. The Hall–Kier alpha value is -1.95. The number of para-hydroxylation sites is 1. The quantitative estimate of drug-likeness (QED) is 0.553. The van der Waals surface area contributed by atoms with Crippen molar-refractivity contribution < 1.29 is 9.72 Å². The average molecular weight is 223 g/mol. The second-order valence-electron chi connectivity index (χ2n) is 3.43. The average Bonchev–Trinajstić information content (AvgIpc) is 2.25. The molecule has 1 aromatic carbocycles. The number of nitro groups is 1. The van der Waals surface area contributed by atoms with Crippen molar-refractivity contribution in [3.63, 3.8) is 0 Å². The fraction of sp³-hybridized carbons (Fsp3) is 0.300. The van der Waals surface area contributed by atoms with Gasteiger partial charge in [-0.3, -0.25) is 14.9 Å². The third-order valence-corrected chi connectivity index (χ3v) is 2.28. The fourth-order valence-corrected chi connectivity index (χ4v) is 1.35. The minimum Gasteiger partial charge on any atom is -0.368 e. The van der Waals surface area contributed by atoms with E-state index >= 15 is 0 Å². The number of primary amides is 1. The van der Waals surface area contributed by atoms with Gasteiger partial charge in [0.2, 0.25) is 5.91 Å². The molecule has 0 saturated carbocycles. The molecule has 0 aliphatic carbocycles. The summed E-state index contributed by atoms with van der Waals surface area (Å²) in [6.45, 7) is 0. The lowest BCUT2D eigenvalue weighted by Crippen LogP contribution is -2.36. The van der Waals surface area contributed by atoms with Crippen molar-refractivity contribution >= 4 is 11.6 Å². The molecule has 0 radical (unpaired) electrons. The summed E-state index contributed by atoms with van der Waals surface area (Å²) in [5, 5.41) is 10.7. The predicted octanol–water partition coefficient (Wildman–Crippen LogP) is 0.340. The van der Waals surface area contributed by atoms with Gasteiger partial charge >= 0.3 is 0 Å². The summed E-state index contributed by atoms with van der Waals surface area (Å²) in [7, 11) is 0. The molecular formula is C10H13N3O3. The smallest absolute Gasteiger partial charge is 0.272 e. The summed E-state index contributed by atoms with van der Waals surface area (Å²) < 4.78 is 0. The highest BCUT2D eigenvalue weighted by molar-refractivity contribution is 5.79. The predicted molar refractivity (Wildman–Crippen MR) is 58.6 cm³/mol. The van der Waals surface area contributed by atoms with Crippen LogP contribution in [0, 0.1) is 10.1 Å². The van der Waals surface area contributed by atoms with Crippen LogP contribution in [0.5, 0.6) is 0 Å². The topological polar surface area (TPSA) is 112 Å². The van der Waals surface area contributed by atoms with E-state index in [9.17, 15) is 14.9 Å². The monoisotopic (exact) mass is 223 g/mol. The molecule has 0 fully saturated rings. The normalized spacial score (nSPS) is 12.1. The van der Waals surface area contributed by atoms with Gasteiger partial charge in [-0.25, -0.2) is 0 Å². The number of carbonyl (C=O) groups excluding carboxylic acids is 1. The Kier molecular flexibility index (Phi) is 3.96. The molecule has 4 N–H and O–H groups in total. The first-order valence-electron chi connectivity index (χ1n) is 4.79. The number of hydrogen-bond donors (Lipinski definition) is 2. The third kappa shape index (κ3) is 3.03. The van der Waals surface area contributed by atoms with Crippen LogP contribution in [0.3, 0.4) is 0 Å². The third-order valence-electron chi connectivity index (χ3n) is 2.28. The van der Waals surface area contributed by atoms with E-state index in [-0.39, 0.29) is 5.69 Å². The Morgan fingerprint density at radius 1 is 1.44 bits per heavy atom. The molecule has 1 amide bonds. The van der Waals surface area contributed by atoms with Crippen LogP contribution in [0.25, 0.3) is 0 Å². The number of nitrogens with two attached hydrogens (primary N) is 2. The first-order valence-corrected chi connectivity index (χ1v) is 4.79. The number of nitrogens with zero attached hydrogens (tertiary/aromatic N) is 1. The summed E-state index contributed by atoms with van der Waals surface area (Å²) in [6.07, 6.45) is 0.668. The molecular weight excluding hydrogens is 210 g/mol. The number of rotatable bonds is 5. The maximum atomic E-state index is 10.7. The lowest BCUT2D eigenvalue weighted by molar-refractivity contribution is -0.385. The van der Waals surface area contributed by atoms with Crippen LogP contribution in [0.2, 0.25) is 0 Å². The van der Waals surface area contributed by atoms with Gasteiger partial charge < -0.3 is 11.5 Å². The molecule has 0 aliphatic rings. The summed E-state index contributed by atoms with van der Waals surface area (Å²) in [5.41, 5.74) is 11.0. The van der Waals surface area contributed by atoms with E-state index in [0.717, 1.165) is 0 Å². The lowest BCUT2D eigenvalue weighted by Gasteiger charge is -2.07. The van der Waals surface area contributed by atoms with E-state index in [1.165, 1.54) is 6.07 Å². The van der Waals surface area contributed by atoms with Gasteiger partial charge in [0, 0.05) is 11.6 Å². The zero-order valence-electron chi connectivity index (χ0n) is 8.63. The van der Waals surface area contributed by atoms with Crippen LogP contribution in [0.4, 0.5) is 5.69 Å². The van der Waals surface area contributed by atoms with Crippen molar-refractivity contribution in [2.75, 3.05) is 0 Å². The van der Waals surface area contributed by atoms with Crippen LogP contribution in [0.1, 0.15) is 12.0 Å². The maximum Gasteiger partial charge on any atom is 0.272 e. The molecule has 6 nitrogen and oxygen atoms in total. The molecule has 16 heavy (non-hydrogen) atoms. The highest BCUT2D eigenvalue weighted by Crippen LogP contribution is 2.19. The van der Waals surface area contributed by atoms with Crippen LogP contribution in [0.15, 0.2) is 24.3 Å². The maximum absolute atomic E-state index is 10.7. The molecule has 0 spiro atoms. The molecule has 1 unspecified atom stereocenters. The molecule has 1 atom stereocenters.